The van der Waals surface area contributed by atoms with Gasteiger partial charge in [-0.15, -0.1) is 0 Å². The topological polar surface area (TPSA) is 60.1 Å². The Morgan fingerprint density at radius 3 is 3.00 bits per heavy atom. The summed E-state index contributed by atoms with van der Waals surface area (Å²) in [6.07, 6.45) is 0.0170. The fourth-order valence-corrected chi connectivity index (χ4v) is 2.07. The van der Waals surface area contributed by atoms with Crippen molar-refractivity contribution >= 4 is 5.91 Å². The van der Waals surface area contributed by atoms with E-state index in [-0.39, 0.29) is 36.6 Å². The predicted molar refractivity (Wildman–Crippen MR) is 40.9 cm³/mol. The van der Waals surface area contributed by atoms with Gasteiger partial charge in [-0.2, -0.15) is 0 Å². The number of fused-ring (bicyclic) bond motifs is 4. The molecule has 3 aliphatic rings. The van der Waals surface area contributed by atoms with Crippen LogP contribution in [0.1, 0.15) is 6.92 Å². The van der Waals surface area contributed by atoms with Crippen molar-refractivity contribution in [1.82, 2.24) is 5.32 Å². The molecule has 3 saturated heterocycles. The largest absolute Gasteiger partial charge is 0.364 e. The third-order valence-corrected chi connectivity index (χ3v) is 2.68. The molecule has 5 heteroatoms. The first-order valence-electron chi connectivity index (χ1n) is 4.45. The molecule has 0 aromatic rings. The minimum absolute atomic E-state index is 0.0724. The van der Waals surface area contributed by atoms with E-state index in [0.717, 1.165) is 0 Å². The van der Waals surface area contributed by atoms with Gasteiger partial charge in [0.25, 0.3) is 0 Å². The molecule has 0 saturated carbocycles. The van der Waals surface area contributed by atoms with Gasteiger partial charge in [0.1, 0.15) is 24.4 Å². The average Bonchev–Trinajstić information content (AvgIpc) is 2.74. The summed E-state index contributed by atoms with van der Waals surface area (Å²) in [6, 6.07) is -0.124. The van der Waals surface area contributed by atoms with Crippen LogP contribution in [0.15, 0.2) is 0 Å². The molecule has 0 aliphatic carbocycles. The zero-order chi connectivity index (χ0) is 9.00. The van der Waals surface area contributed by atoms with E-state index >= 15 is 0 Å². The van der Waals surface area contributed by atoms with Crippen molar-refractivity contribution in [3.05, 3.63) is 0 Å². The second-order valence-corrected chi connectivity index (χ2v) is 3.67. The monoisotopic (exact) mass is 185 g/mol. The number of hydrogen-bond donors (Lipinski definition) is 1. The number of nitrogens with one attached hydrogen (secondary N) is 1. The highest BCUT2D eigenvalue weighted by Gasteiger charge is 2.61. The van der Waals surface area contributed by atoms with Crippen molar-refractivity contribution in [1.29, 1.82) is 0 Å². The number of epoxide rings is 1. The third kappa shape index (κ3) is 1.08. The zero-order valence-corrected chi connectivity index (χ0v) is 7.23. The maximum absolute atomic E-state index is 10.9. The Morgan fingerprint density at radius 2 is 2.23 bits per heavy atom. The molecule has 3 heterocycles. The summed E-state index contributed by atoms with van der Waals surface area (Å²) in [4.78, 5) is 10.9. The molecule has 5 nitrogen and oxygen atoms in total. The van der Waals surface area contributed by atoms with Crippen LogP contribution in [-0.4, -0.2) is 43.2 Å². The first kappa shape index (κ1) is 7.73. The molecule has 72 valence electrons. The van der Waals surface area contributed by atoms with Crippen LogP contribution in [-0.2, 0) is 19.0 Å². The fourth-order valence-electron chi connectivity index (χ4n) is 2.07. The Morgan fingerprint density at radius 1 is 1.38 bits per heavy atom. The Balaban J connectivity index is 1.76. The van der Waals surface area contributed by atoms with Gasteiger partial charge in [0.2, 0.25) is 5.91 Å². The van der Waals surface area contributed by atoms with Crippen LogP contribution >= 0.6 is 0 Å². The van der Waals surface area contributed by atoms with Crippen LogP contribution < -0.4 is 5.32 Å². The summed E-state index contributed by atoms with van der Waals surface area (Å²) >= 11 is 0. The zero-order valence-electron chi connectivity index (χ0n) is 7.23. The molecule has 5 atom stereocenters. The minimum Gasteiger partial charge on any atom is -0.364 e. The van der Waals surface area contributed by atoms with E-state index in [9.17, 15) is 4.79 Å². The molecular weight excluding hydrogens is 174 g/mol. The van der Waals surface area contributed by atoms with E-state index in [1.165, 1.54) is 6.92 Å². The standard InChI is InChI=1S/C8H11NO4/c1-3(10)9-5-7-6(13-7)4-2-11-8(5)12-4/h4-8H,2H2,1H3,(H,9,10)/t4?,5?,6-,7+,8+/m0/s1. The van der Waals surface area contributed by atoms with Crippen molar-refractivity contribution in [2.24, 2.45) is 0 Å². The number of carbonyl (C=O) groups excluding carboxylic acids is 1. The second kappa shape index (κ2) is 2.43. The molecule has 13 heavy (non-hydrogen) atoms. The van der Waals surface area contributed by atoms with Crippen molar-refractivity contribution in [3.63, 3.8) is 0 Å². The summed E-state index contributed by atoms with van der Waals surface area (Å²) in [6.45, 7) is 2.07. The highest BCUT2D eigenvalue weighted by molar-refractivity contribution is 5.73. The van der Waals surface area contributed by atoms with Gasteiger partial charge in [-0.25, -0.2) is 0 Å². The maximum atomic E-state index is 10.9. The average molecular weight is 185 g/mol. The van der Waals surface area contributed by atoms with E-state index in [1.807, 2.05) is 0 Å². The molecule has 3 rings (SSSR count). The van der Waals surface area contributed by atoms with E-state index in [1.54, 1.807) is 0 Å². The Kier molecular flexibility index (Phi) is 1.45. The van der Waals surface area contributed by atoms with Gasteiger partial charge in [-0.1, -0.05) is 0 Å². The highest BCUT2D eigenvalue weighted by Crippen LogP contribution is 2.41. The number of carbonyl (C=O) groups is 1. The molecule has 0 aromatic carbocycles. The highest BCUT2D eigenvalue weighted by atomic mass is 16.8. The fraction of sp³-hybridized carbons (Fsp3) is 0.875. The normalized spacial score (nSPS) is 51.3. The van der Waals surface area contributed by atoms with Crippen molar-refractivity contribution < 1.29 is 19.0 Å². The van der Waals surface area contributed by atoms with E-state index < -0.39 is 0 Å². The molecule has 2 bridgehead atoms. The van der Waals surface area contributed by atoms with Gasteiger partial charge < -0.3 is 19.5 Å². The van der Waals surface area contributed by atoms with Crippen molar-refractivity contribution in [3.8, 4) is 0 Å². The number of amides is 1. The summed E-state index contributed by atoms with van der Waals surface area (Å²) in [5, 5.41) is 2.79. The number of rotatable bonds is 1. The van der Waals surface area contributed by atoms with Crippen LogP contribution in [0, 0.1) is 0 Å². The van der Waals surface area contributed by atoms with Crippen LogP contribution in [0.25, 0.3) is 0 Å². The summed E-state index contributed by atoms with van der Waals surface area (Å²) < 4.78 is 16.3. The summed E-state index contributed by atoms with van der Waals surface area (Å²) in [5.74, 6) is -0.0724. The second-order valence-electron chi connectivity index (χ2n) is 3.67. The summed E-state index contributed by atoms with van der Waals surface area (Å²) in [5.41, 5.74) is 0. The lowest BCUT2D eigenvalue weighted by Gasteiger charge is -2.24. The SMILES string of the molecule is CC(=O)NC1[C@@H]2OCC(O2)[C@@H]2O[C@H]12. The lowest BCUT2D eigenvalue weighted by molar-refractivity contribution is -0.128. The van der Waals surface area contributed by atoms with Crippen molar-refractivity contribution in [2.45, 2.75) is 37.6 Å². The van der Waals surface area contributed by atoms with E-state index in [4.69, 9.17) is 14.2 Å². The Hall–Kier alpha value is -0.650. The quantitative estimate of drug-likeness (QED) is 0.533. The van der Waals surface area contributed by atoms with Crippen LogP contribution in [0.2, 0.25) is 0 Å². The van der Waals surface area contributed by atoms with E-state index in [0.29, 0.717) is 6.61 Å². The van der Waals surface area contributed by atoms with Gasteiger partial charge in [-0.05, 0) is 0 Å². The molecule has 0 aromatic heterocycles. The molecule has 0 spiro atoms. The third-order valence-electron chi connectivity index (χ3n) is 2.68. The lowest BCUT2D eigenvalue weighted by Crippen LogP contribution is -2.50. The Labute approximate surface area is 75.3 Å². The van der Waals surface area contributed by atoms with E-state index in [2.05, 4.69) is 5.32 Å². The molecule has 1 N–H and O–H groups in total. The molecule has 1 amide bonds. The van der Waals surface area contributed by atoms with Crippen molar-refractivity contribution in [2.75, 3.05) is 6.61 Å². The lowest BCUT2D eigenvalue weighted by atomic mass is 10.1. The maximum Gasteiger partial charge on any atom is 0.217 e. The molecule has 0 radical (unpaired) electrons. The molecular formula is C8H11NO4. The van der Waals surface area contributed by atoms with Gasteiger partial charge >= 0.3 is 0 Å². The van der Waals surface area contributed by atoms with Gasteiger partial charge in [0.05, 0.1) is 6.61 Å². The van der Waals surface area contributed by atoms with Crippen LogP contribution in [0.4, 0.5) is 0 Å². The Bertz CT molecular complexity index is 257. The minimum atomic E-state index is -0.308. The first-order chi connectivity index (χ1) is 6.25. The van der Waals surface area contributed by atoms with Crippen LogP contribution in [0.5, 0.6) is 0 Å². The van der Waals surface area contributed by atoms with Crippen LogP contribution in [0.3, 0.4) is 0 Å². The molecule has 3 fully saturated rings. The van der Waals surface area contributed by atoms with Gasteiger partial charge in [-0.3, -0.25) is 4.79 Å². The predicted octanol–water partition coefficient (Wildman–Crippen LogP) is -0.986. The number of ether oxygens (including phenoxy) is 3. The first-order valence-corrected chi connectivity index (χ1v) is 4.45. The molecule has 2 unspecified atom stereocenters. The molecule has 3 aliphatic heterocycles. The summed E-state index contributed by atoms with van der Waals surface area (Å²) in [7, 11) is 0. The van der Waals surface area contributed by atoms with Gasteiger partial charge in [0.15, 0.2) is 6.29 Å². The smallest absolute Gasteiger partial charge is 0.217 e. The number of hydrogen-bond acceptors (Lipinski definition) is 4. The van der Waals surface area contributed by atoms with Gasteiger partial charge in [0, 0.05) is 6.92 Å².